The Labute approximate surface area is 180 Å². The van der Waals surface area contributed by atoms with Gasteiger partial charge in [-0.25, -0.2) is 4.98 Å². The highest BCUT2D eigenvalue weighted by Gasteiger charge is 2.29. The molecule has 154 valence electrons. The summed E-state index contributed by atoms with van der Waals surface area (Å²) in [7, 11) is 0. The van der Waals surface area contributed by atoms with Crippen LogP contribution in [0.3, 0.4) is 0 Å². The van der Waals surface area contributed by atoms with Crippen molar-refractivity contribution in [3.8, 4) is 0 Å². The SMILES string of the molecule is O=C1Nc2ccccc2CC1CCC(=O)N1CCC(c2nc3ccccc3s2)CC1. The van der Waals surface area contributed by atoms with Crippen molar-refractivity contribution in [2.75, 3.05) is 18.4 Å². The van der Waals surface area contributed by atoms with Crippen molar-refractivity contribution in [2.45, 2.75) is 38.0 Å². The molecule has 1 aromatic heterocycles. The lowest BCUT2D eigenvalue weighted by molar-refractivity contribution is -0.132. The third kappa shape index (κ3) is 3.84. The maximum atomic E-state index is 12.8. The van der Waals surface area contributed by atoms with Gasteiger partial charge in [0, 0.05) is 37.0 Å². The van der Waals surface area contributed by atoms with Crippen LogP contribution in [-0.2, 0) is 16.0 Å². The number of aromatic nitrogens is 1. The maximum absolute atomic E-state index is 12.8. The van der Waals surface area contributed by atoms with Gasteiger partial charge in [-0.3, -0.25) is 9.59 Å². The summed E-state index contributed by atoms with van der Waals surface area (Å²) in [6.07, 6.45) is 3.68. The van der Waals surface area contributed by atoms with Gasteiger partial charge in [-0.1, -0.05) is 30.3 Å². The van der Waals surface area contributed by atoms with Crippen molar-refractivity contribution in [3.63, 3.8) is 0 Å². The number of hydrogen-bond acceptors (Lipinski definition) is 4. The van der Waals surface area contributed by atoms with Gasteiger partial charge < -0.3 is 10.2 Å². The van der Waals surface area contributed by atoms with Gasteiger partial charge in [0.05, 0.1) is 15.2 Å². The predicted octanol–water partition coefficient (Wildman–Crippen LogP) is 4.59. The first kappa shape index (κ1) is 19.2. The molecule has 5 nitrogen and oxygen atoms in total. The first-order valence-corrected chi connectivity index (χ1v) is 11.5. The normalized spacial score (nSPS) is 19.5. The fraction of sp³-hybridized carbons (Fsp3) is 0.375. The molecular weight excluding hydrogens is 394 g/mol. The molecule has 1 fully saturated rings. The largest absolute Gasteiger partial charge is 0.343 e. The third-order valence-corrected chi connectivity index (χ3v) is 7.53. The highest BCUT2D eigenvalue weighted by Crippen LogP contribution is 2.34. The zero-order valence-electron chi connectivity index (χ0n) is 16.8. The Kier molecular flexibility index (Phi) is 5.25. The first-order valence-electron chi connectivity index (χ1n) is 10.7. The molecule has 0 saturated carbocycles. The molecule has 2 amide bonds. The second kappa shape index (κ2) is 8.19. The predicted molar refractivity (Wildman–Crippen MR) is 120 cm³/mol. The van der Waals surface area contributed by atoms with E-state index in [9.17, 15) is 9.59 Å². The molecule has 1 saturated heterocycles. The molecule has 6 heteroatoms. The summed E-state index contributed by atoms with van der Waals surface area (Å²) in [5.41, 5.74) is 3.14. The summed E-state index contributed by atoms with van der Waals surface area (Å²) in [6.45, 7) is 1.55. The average Bonchev–Trinajstić information content (AvgIpc) is 3.22. The number of rotatable bonds is 4. The first-order chi connectivity index (χ1) is 14.7. The molecule has 1 atom stereocenters. The van der Waals surface area contributed by atoms with Crippen LogP contribution in [0.4, 0.5) is 5.69 Å². The molecule has 2 aliphatic heterocycles. The number of amides is 2. The van der Waals surface area contributed by atoms with Crippen molar-refractivity contribution in [3.05, 3.63) is 59.1 Å². The molecule has 2 aromatic carbocycles. The molecule has 3 heterocycles. The van der Waals surface area contributed by atoms with E-state index in [-0.39, 0.29) is 17.7 Å². The van der Waals surface area contributed by atoms with Crippen LogP contribution < -0.4 is 5.32 Å². The number of benzene rings is 2. The van der Waals surface area contributed by atoms with Gasteiger partial charge in [-0.2, -0.15) is 0 Å². The van der Waals surface area contributed by atoms with E-state index >= 15 is 0 Å². The number of carbonyl (C=O) groups excluding carboxylic acids is 2. The van der Waals surface area contributed by atoms with E-state index in [1.54, 1.807) is 11.3 Å². The van der Waals surface area contributed by atoms with Gasteiger partial charge in [0.25, 0.3) is 0 Å². The smallest absolute Gasteiger partial charge is 0.227 e. The Morgan fingerprint density at radius 3 is 2.70 bits per heavy atom. The molecule has 5 rings (SSSR count). The van der Waals surface area contributed by atoms with Gasteiger partial charge in [0.2, 0.25) is 11.8 Å². The van der Waals surface area contributed by atoms with Crippen molar-refractivity contribution >= 4 is 39.1 Å². The molecule has 1 N–H and O–H groups in total. The van der Waals surface area contributed by atoms with Gasteiger partial charge >= 0.3 is 0 Å². The number of likely N-dealkylation sites (tertiary alicyclic amines) is 1. The minimum Gasteiger partial charge on any atom is -0.343 e. The summed E-state index contributed by atoms with van der Waals surface area (Å²) in [4.78, 5) is 31.9. The Morgan fingerprint density at radius 1 is 1.10 bits per heavy atom. The van der Waals surface area contributed by atoms with Gasteiger partial charge in [-0.15, -0.1) is 11.3 Å². The van der Waals surface area contributed by atoms with Crippen LogP contribution in [-0.4, -0.2) is 34.8 Å². The Morgan fingerprint density at radius 2 is 1.87 bits per heavy atom. The fourth-order valence-electron chi connectivity index (χ4n) is 4.54. The van der Waals surface area contributed by atoms with Crippen molar-refractivity contribution in [1.29, 1.82) is 0 Å². The zero-order chi connectivity index (χ0) is 20.5. The summed E-state index contributed by atoms with van der Waals surface area (Å²) in [5.74, 6) is 0.525. The van der Waals surface area contributed by atoms with Crippen LogP contribution >= 0.6 is 11.3 Å². The highest BCUT2D eigenvalue weighted by atomic mass is 32.1. The highest BCUT2D eigenvalue weighted by molar-refractivity contribution is 7.18. The van der Waals surface area contributed by atoms with Gasteiger partial charge in [-0.05, 0) is 49.4 Å². The van der Waals surface area contributed by atoms with Crippen LogP contribution in [0.1, 0.15) is 42.2 Å². The lowest BCUT2D eigenvalue weighted by Gasteiger charge is -2.32. The fourth-order valence-corrected chi connectivity index (χ4v) is 5.68. The van der Waals surface area contributed by atoms with Crippen molar-refractivity contribution in [1.82, 2.24) is 9.88 Å². The van der Waals surface area contributed by atoms with Crippen LogP contribution in [0.15, 0.2) is 48.5 Å². The van der Waals surface area contributed by atoms with E-state index < -0.39 is 0 Å². The van der Waals surface area contributed by atoms with Crippen LogP contribution in [0.2, 0.25) is 0 Å². The molecule has 30 heavy (non-hydrogen) atoms. The number of piperidine rings is 1. The van der Waals surface area contributed by atoms with Gasteiger partial charge in [0.15, 0.2) is 0 Å². The molecule has 2 aliphatic rings. The minimum atomic E-state index is -0.121. The summed E-state index contributed by atoms with van der Waals surface area (Å²) >= 11 is 1.78. The van der Waals surface area contributed by atoms with E-state index in [0.717, 1.165) is 49.1 Å². The van der Waals surface area contributed by atoms with Crippen molar-refractivity contribution in [2.24, 2.45) is 5.92 Å². The number of nitrogens with zero attached hydrogens (tertiary/aromatic N) is 2. The average molecular weight is 420 g/mol. The summed E-state index contributed by atoms with van der Waals surface area (Å²) in [6, 6.07) is 16.2. The summed E-state index contributed by atoms with van der Waals surface area (Å²) < 4.78 is 1.23. The molecule has 3 aromatic rings. The molecule has 0 spiro atoms. The van der Waals surface area contributed by atoms with E-state index in [1.165, 1.54) is 9.71 Å². The maximum Gasteiger partial charge on any atom is 0.227 e. The Bertz CT molecular complexity index is 1050. The number of fused-ring (bicyclic) bond motifs is 2. The minimum absolute atomic E-state index is 0.0380. The van der Waals surface area contributed by atoms with Gasteiger partial charge in [0.1, 0.15) is 0 Å². The second-order valence-corrected chi connectivity index (χ2v) is 9.32. The zero-order valence-corrected chi connectivity index (χ0v) is 17.7. The van der Waals surface area contributed by atoms with E-state index in [1.807, 2.05) is 29.2 Å². The summed E-state index contributed by atoms with van der Waals surface area (Å²) in [5, 5.41) is 4.17. The van der Waals surface area contributed by atoms with E-state index in [2.05, 4.69) is 29.6 Å². The number of hydrogen-bond donors (Lipinski definition) is 1. The van der Waals surface area contributed by atoms with E-state index in [4.69, 9.17) is 4.98 Å². The molecule has 0 bridgehead atoms. The standard InChI is InChI=1S/C24H25N3O2S/c28-22(10-9-18-15-17-5-1-2-6-19(17)25-23(18)29)27-13-11-16(12-14-27)24-26-20-7-3-4-8-21(20)30-24/h1-8,16,18H,9-15H2,(H,25,29). The number of nitrogens with one attached hydrogen (secondary N) is 1. The van der Waals surface area contributed by atoms with Crippen LogP contribution in [0.5, 0.6) is 0 Å². The number of thiazole rings is 1. The lowest BCUT2D eigenvalue weighted by Crippen LogP contribution is -2.38. The Hall–Kier alpha value is -2.73. The molecule has 0 radical (unpaired) electrons. The number of anilines is 1. The lowest BCUT2D eigenvalue weighted by atomic mass is 9.89. The third-order valence-electron chi connectivity index (χ3n) is 6.33. The number of para-hydroxylation sites is 2. The molecular formula is C24H25N3O2S. The number of carbonyl (C=O) groups is 2. The van der Waals surface area contributed by atoms with Crippen LogP contribution in [0, 0.1) is 5.92 Å². The second-order valence-electron chi connectivity index (χ2n) is 8.26. The van der Waals surface area contributed by atoms with Crippen LogP contribution in [0.25, 0.3) is 10.2 Å². The molecule has 1 unspecified atom stereocenters. The Balaban J connectivity index is 1.14. The molecule has 0 aliphatic carbocycles. The topological polar surface area (TPSA) is 62.3 Å². The monoisotopic (exact) mass is 419 g/mol. The quantitative estimate of drug-likeness (QED) is 0.673. The van der Waals surface area contributed by atoms with Crippen molar-refractivity contribution < 1.29 is 9.59 Å². The van der Waals surface area contributed by atoms with E-state index in [0.29, 0.717) is 18.8 Å².